The minimum Gasteiger partial charge on any atom is -0.271 e. The Labute approximate surface area is 124 Å². The Hall–Kier alpha value is -2.30. The Morgan fingerprint density at radius 1 is 1.00 bits per heavy atom. The van der Waals surface area contributed by atoms with E-state index in [1.165, 1.54) is 5.56 Å². The second-order valence-corrected chi connectivity index (χ2v) is 5.13. The highest BCUT2D eigenvalue weighted by Crippen LogP contribution is 2.13. The summed E-state index contributed by atoms with van der Waals surface area (Å²) < 4.78 is 0. The van der Waals surface area contributed by atoms with Gasteiger partial charge in [-0.05, 0) is 30.2 Å². The first kappa shape index (κ1) is 13.7. The lowest BCUT2D eigenvalue weighted by molar-refractivity contribution is 0.517. The molecule has 0 spiro atoms. The molecule has 0 saturated carbocycles. The minimum atomic E-state index is 0.142. The fraction of sp³-hybridized carbons (Fsp3) is 0.176. The van der Waals surface area contributed by atoms with Gasteiger partial charge in [0.2, 0.25) is 0 Å². The van der Waals surface area contributed by atoms with E-state index in [1.54, 1.807) is 6.20 Å². The number of hydrogen-bond donors (Lipinski definition) is 2. The summed E-state index contributed by atoms with van der Waals surface area (Å²) in [5, 5.41) is 1.16. The van der Waals surface area contributed by atoms with Gasteiger partial charge in [0.05, 0.1) is 5.52 Å². The van der Waals surface area contributed by atoms with Gasteiger partial charge in [-0.25, -0.2) is 0 Å². The molecule has 0 bridgehead atoms. The summed E-state index contributed by atoms with van der Waals surface area (Å²) in [5.41, 5.74) is 6.11. The number of benzene rings is 1. The molecule has 0 aliphatic rings. The van der Waals surface area contributed by atoms with E-state index < -0.39 is 0 Å². The Morgan fingerprint density at radius 2 is 1.90 bits per heavy atom. The van der Waals surface area contributed by atoms with Crippen LogP contribution in [0.15, 0.2) is 60.9 Å². The summed E-state index contributed by atoms with van der Waals surface area (Å²) in [7, 11) is 0. The Bertz CT molecular complexity index is 712. The summed E-state index contributed by atoms with van der Waals surface area (Å²) in [6.07, 6.45) is 5.27. The van der Waals surface area contributed by atoms with Crippen LogP contribution in [0.25, 0.3) is 10.9 Å². The molecule has 0 saturated heterocycles. The van der Waals surface area contributed by atoms with Crippen LogP contribution in [0.5, 0.6) is 0 Å². The molecule has 0 aliphatic heterocycles. The van der Waals surface area contributed by atoms with Gasteiger partial charge in [0, 0.05) is 35.9 Å². The SMILES string of the molecule is NNC(Cc1cccnc1)Cc1ccc2ccccc2n1. The van der Waals surface area contributed by atoms with Crippen molar-refractivity contribution in [3.05, 3.63) is 72.2 Å². The highest BCUT2D eigenvalue weighted by Gasteiger charge is 2.10. The summed E-state index contributed by atoms with van der Waals surface area (Å²) in [5.74, 6) is 5.68. The molecule has 2 aromatic heterocycles. The number of nitrogens with one attached hydrogen (secondary N) is 1. The largest absolute Gasteiger partial charge is 0.271 e. The fourth-order valence-corrected chi connectivity index (χ4v) is 2.47. The van der Waals surface area contributed by atoms with E-state index in [9.17, 15) is 0 Å². The third-order valence-electron chi connectivity index (χ3n) is 3.55. The average Bonchev–Trinajstić information content (AvgIpc) is 2.55. The molecular weight excluding hydrogens is 260 g/mol. The lowest BCUT2D eigenvalue weighted by Crippen LogP contribution is -2.38. The first-order chi connectivity index (χ1) is 10.3. The highest BCUT2D eigenvalue weighted by molar-refractivity contribution is 5.78. The summed E-state index contributed by atoms with van der Waals surface area (Å²) in [6.45, 7) is 0. The molecule has 4 heteroatoms. The van der Waals surface area contributed by atoms with Gasteiger partial charge in [0.1, 0.15) is 0 Å². The van der Waals surface area contributed by atoms with Gasteiger partial charge >= 0.3 is 0 Å². The van der Waals surface area contributed by atoms with Crippen molar-refractivity contribution in [2.45, 2.75) is 18.9 Å². The molecule has 0 fully saturated rings. The molecule has 2 heterocycles. The van der Waals surface area contributed by atoms with Crippen molar-refractivity contribution in [2.24, 2.45) is 5.84 Å². The first-order valence-electron chi connectivity index (χ1n) is 7.05. The van der Waals surface area contributed by atoms with Gasteiger partial charge in [-0.3, -0.25) is 21.2 Å². The van der Waals surface area contributed by atoms with E-state index >= 15 is 0 Å². The Morgan fingerprint density at radius 3 is 2.71 bits per heavy atom. The van der Waals surface area contributed by atoms with Crippen molar-refractivity contribution in [3.8, 4) is 0 Å². The van der Waals surface area contributed by atoms with E-state index in [-0.39, 0.29) is 6.04 Å². The number of hydrazine groups is 1. The normalized spacial score (nSPS) is 12.4. The third-order valence-corrected chi connectivity index (χ3v) is 3.55. The van der Waals surface area contributed by atoms with Gasteiger partial charge < -0.3 is 0 Å². The predicted octanol–water partition coefficient (Wildman–Crippen LogP) is 2.25. The summed E-state index contributed by atoms with van der Waals surface area (Å²) >= 11 is 0. The minimum absolute atomic E-state index is 0.142. The van der Waals surface area contributed by atoms with Gasteiger partial charge in [-0.2, -0.15) is 0 Å². The van der Waals surface area contributed by atoms with Gasteiger partial charge in [-0.15, -0.1) is 0 Å². The van der Waals surface area contributed by atoms with Crippen LogP contribution in [-0.4, -0.2) is 16.0 Å². The molecule has 3 N–H and O–H groups in total. The monoisotopic (exact) mass is 278 g/mol. The lowest BCUT2D eigenvalue weighted by atomic mass is 10.0. The molecule has 0 amide bonds. The van der Waals surface area contributed by atoms with Gasteiger partial charge in [0.15, 0.2) is 0 Å². The number of hydrogen-bond acceptors (Lipinski definition) is 4. The van der Waals surface area contributed by atoms with Crippen molar-refractivity contribution >= 4 is 10.9 Å². The van der Waals surface area contributed by atoms with Crippen LogP contribution in [0.1, 0.15) is 11.3 Å². The third kappa shape index (κ3) is 3.42. The quantitative estimate of drug-likeness (QED) is 0.555. The van der Waals surface area contributed by atoms with Gasteiger partial charge in [0.25, 0.3) is 0 Å². The van der Waals surface area contributed by atoms with Crippen LogP contribution in [0.2, 0.25) is 0 Å². The van der Waals surface area contributed by atoms with Crippen molar-refractivity contribution in [2.75, 3.05) is 0 Å². The second kappa shape index (κ2) is 6.43. The zero-order chi connectivity index (χ0) is 14.5. The number of nitrogens with two attached hydrogens (primary N) is 1. The Kier molecular flexibility index (Phi) is 4.19. The van der Waals surface area contributed by atoms with Crippen molar-refractivity contribution in [3.63, 3.8) is 0 Å². The molecule has 21 heavy (non-hydrogen) atoms. The smallest absolute Gasteiger partial charge is 0.0705 e. The van der Waals surface area contributed by atoms with E-state index in [0.29, 0.717) is 0 Å². The summed E-state index contributed by atoms with van der Waals surface area (Å²) in [6, 6.07) is 16.4. The zero-order valence-electron chi connectivity index (χ0n) is 11.7. The molecular formula is C17H18N4. The molecule has 106 valence electrons. The predicted molar refractivity (Wildman–Crippen MR) is 84.5 cm³/mol. The molecule has 1 aromatic carbocycles. The van der Waals surface area contributed by atoms with Crippen molar-refractivity contribution < 1.29 is 0 Å². The maximum Gasteiger partial charge on any atom is 0.0705 e. The van der Waals surface area contributed by atoms with Gasteiger partial charge in [-0.1, -0.05) is 30.3 Å². The molecule has 3 rings (SSSR count). The number of para-hydroxylation sites is 1. The maximum absolute atomic E-state index is 5.68. The Balaban J connectivity index is 1.76. The van der Waals surface area contributed by atoms with E-state index in [2.05, 4.69) is 34.7 Å². The average molecular weight is 278 g/mol. The van der Waals surface area contributed by atoms with E-state index in [1.807, 2.05) is 30.5 Å². The van der Waals surface area contributed by atoms with E-state index in [4.69, 9.17) is 10.8 Å². The van der Waals surface area contributed by atoms with Crippen molar-refractivity contribution in [1.29, 1.82) is 0 Å². The van der Waals surface area contributed by atoms with Crippen LogP contribution < -0.4 is 11.3 Å². The van der Waals surface area contributed by atoms with Crippen LogP contribution in [-0.2, 0) is 12.8 Å². The molecule has 1 unspecified atom stereocenters. The molecule has 0 aliphatic carbocycles. The van der Waals surface area contributed by atoms with Crippen LogP contribution >= 0.6 is 0 Å². The topological polar surface area (TPSA) is 63.8 Å². The lowest BCUT2D eigenvalue weighted by Gasteiger charge is -2.15. The number of nitrogens with zero attached hydrogens (tertiary/aromatic N) is 2. The van der Waals surface area contributed by atoms with Crippen molar-refractivity contribution in [1.82, 2.24) is 15.4 Å². The molecule has 1 atom stereocenters. The second-order valence-electron chi connectivity index (χ2n) is 5.13. The number of fused-ring (bicyclic) bond motifs is 1. The van der Waals surface area contributed by atoms with Crippen LogP contribution in [0.4, 0.5) is 0 Å². The van der Waals surface area contributed by atoms with Crippen LogP contribution in [0.3, 0.4) is 0 Å². The fourth-order valence-electron chi connectivity index (χ4n) is 2.47. The number of pyridine rings is 2. The van der Waals surface area contributed by atoms with E-state index in [0.717, 1.165) is 29.4 Å². The van der Waals surface area contributed by atoms with Crippen LogP contribution in [0, 0.1) is 0 Å². The summed E-state index contributed by atoms with van der Waals surface area (Å²) in [4.78, 5) is 8.83. The molecule has 3 aromatic rings. The number of rotatable bonds is 5. The molecule has 4 nitrogen and oxygen atoms in total. The highest BCUT2D eigenvalue weighted by atomic mass is 15.2. The maximum atomic E-state index is 5.68. The standard InChI is InChI=1S/C17H18N4/c18-21-16(10-13-4-3-9-19-12-13)11-15-8-7-14-5-1-2-6-17(14)20-15/h1-9,12,16,21H,10-11,18H2. The number of aromatic nitrogens is 2. The first-order valence-corrected chi connectivity index (χ1v) is 7.05. The zero-order valence-corrected chi connectivity index (χ0v) is 11.7. The molecule has 0 radical (unpaired) electrons.